The number of rotatable bonds is 5. The zero-order chi connectivity index (χ0) is 22.5. The standard InChI is InChI=1S/C24H33N5O2/c1-16-5-10-21(19-8-6-18(7-9-19)11-12-28(3)4)29(15-16)24(31)23(30)27-20-13-17(2)22(25)26-14-20/h6-9,13-14,16,21H,5,10-12,15H2,1-4H3,(H2,25,26)(H,27,30)/t16-,21?/m1/s1. The second-order valence-corrected chi connectivity index (χ2v) is 8.83. The van der Waals surface area contributed by atoms with Gasteiger partial charge in [-0.15, -0.1) is 0 Å². The molecule has 2 atom stereocenters. The van der Waals surface area contributed by atoms with Crippen molar-refractivity contribution in [2.75, 3.05) is 38.2 Å². The number of amides is 2. The first kappa shape index (κ1) is 22.7. The Balaban J connectivity index is 1.74. The van der Waals surface area contributed by atoms with Crippen LogP contribution in [0.5, 0.6) is 0 Å². The molecule has 1 aromatic heterocycles. The van der Waals surface area contributed by atoms with Crippen molar-refractivity contribution in [3.05, 3.63) is 53.2 Å². The van der Waals surface area contributed by atoms with Crippen LogP contribution in [0, 0.1) is 12.8 Å². The number of nitrogens with two attached hydrogens (primary N) is 1. The van der Waals surface area contributed by atoms with E-state index in [2.05, 4.69) is 60.5 Å². The maximum Gasteiger partial charge on any atom is 0.313 e. The Morgan fingerprint density at radius 3 is 2.58 bits per heavy atom. The number of hydrogen-bond acceptors (Lipinski definition) is 5. The van der Waals surface area contributed by atoms with Gasteiger partial charge in [0.25, 0.3) is 0 Å². The van der Waals surface area contributed by atoms with E-state index in [-0.39, 0.29) is 6.04 Å². The molecule has 0 saturated carbocycles. The number of likely N-dealkylation sites (tertiary alicyclic amines) is 1. The number of nitrogens with one attached hydrogen (secondary N) is 1. The van der Waals surface area contributed by atoms with E-state index in [0.29, 0.717) is 24.0 Å². The monoisotopic (exact) mass is 423 g/mol. The summed E-state index contributed by atoms with van der Waals surface area (Å²) in [5, 5.41) is 2.68. The van der Waals surface area contributed by atoms with E-state index in [0.717, 1.165) is 36.9 Å². The van der Waals surface area contributed by atoms with Crippen LogP contribution in [0.1, 0.15) is 42.5 Å². The number of pyridine rings is 1. The van der Waals surface area contributed by atoms with Gasteiger partial charge in [-0.3, -0.25) is 9.59 Å². The van der Waals surface area contributed by atoms with Crippen LogP contribution in [0.2, 0.25) is 0 Å². The first-order chi connectivity index (χ1) is 14.7. The molecule has 3 N–H and O–H groups in total. The van der Waals surface area contributed by atoms with Gasteiger partial charge in [0.05, 0.1) is 17.9 Å². The summed E-state index contributed by atoms with van der Waals surface area (Å²) < 4.78 is 0. The molecular weight excluding hydrogens is 390 g/mol. The summed E-state index contributed by atoms with van der Waals surface area (Å²) >= 11 is 0. The van der Waals surface area contributed by atoms with E-state index in [1.54, 1.807) is 11.0 Å². The smallest absolute Gasteiger partial charge is 0.313 e. The summed E-state index contributed by atoms with van der Waals surface area (Å²) in [7, 11) is 4.13. The summed E-state index contributed by atoms with van der Waals surface area (Å²) in [6.45, 7) is 5.49. The lowest BCUT2D eigenvalue weighted by Gasteiger charge is -2.38. The van der Waals surface area contributed by atoms with E-state index in [9.17, 15) is 9.59 Å². The van der Waals surface area contributed by atoms with Crippen LogP contribution in [-0.4, -0.2) is 53.8 Å². The first-order valence-corrected chi connectivity index (χ1v) is 10.8. The second kappa shape index (κ2) is 9.92. The minimum atomic E-state index is -0.646. The second-order valence-electron chi connectivity index (χ2n) is 8.83. The highest BCUT2D eigenvalue weighted by atomic mass is 16.2. The van der Waals surface area contributed by atoms with Crippen molar-refractivity contribution in [2.24, 2.45) is 5.92 Å². The minimum absolute atomic E-state index is 0.0939. The molecule has 166 valence electrons. The minimum Gasteiger partial charge on any atom is -0.383 e. The number of nitrogen functional groups attached to an aromatic ring is 1. The van der Waals surface area contributed by atoms with Crippen molar-refractivity contribution in [2.45, 2.75) is 39.2 Å². The number of benzene rings is 1. The zero-order valence-corrected chi connectivity index (χ0v) is 18.9. The quantitative estimate of drug-likeness (QED) is 0.722. The third-order valence-corrected chi connectivity index (χ3v) is 5.86. The summed E-state index contributed by atoms with van der Waals surface area (Å²) in [6, 6.07) is 10.1. The number of nitrogens with zero attached hydrogens (tertiary/aromatic N) is 3. The third kappa shape index (κ3) is 5.82. The maximum atomic E-state index is 13.1. The first-order valence-electron chi connectivity index (χ1n) is 10.8. The van der Waals surface area contributed by atoms with Gasteiger partial charge in [-0.25, -0.2) is 4.98 Å². The van der Waals surface area contributed by atoms with Gasteiger partial charge in [0.2, 0.25) is 0 Å². The highest BCUT2D eigenvalue weighted by Crippen LogP contribution is 2.33. The number of carbonyl (C=O) groups excluding carboxylic acids is 2. The van der Waals surface area contributed by atoms with Gasteiger partial charge < -0.3 is 20.9 Å². The fraction of sp³-hybridized carbons (Fsp3) is 0.458. The molecule has 1 unspecified atom stereocenters. The van der Waals surface area contributed by atoms with E-state index < -0.39 is 11.8 Å². The Morgan fingerprint density at radius 2 is 1.94 bits per heavy atom. The third-order valence-electron chi connectivity index (χ3n) is 5.86. The van der Waals surface area contributed by atoms with Crippen molar-refractivity contribution in [1.82, 2.24) is 14.8 Å². The molecule has 1 aromatic carbocycles. The van der Waals surface area contributed by atoms with E-state index in [1.807, 2.05) is 6.92 Å². The van der Waals surface area contributed by atoms with Gasteiger partial charge in [0.15, 0.2) is 0 Å². The maximum absolute atomic E-state index is 13.1. The van der Waals surface area contributed by atoms with Crippen LogP contribution in [0.4, 0.5) is 11.5 Å². The van der Waals surface area contributed by atoms with Gasteiger partial charge in [0, 0.05) is 13.1 Å². The molecule has 1 aliphatic rings. The lowest BCUT2D eigenvalue weighted by atomic mass is 9.89. The normalized spacial score (nSPS) is 18.8. The lowest BCUT2D eigenvalue weighted by molar-refractivity contribution is -0.146. The fourth-order valence-electron chi connectivity index (χ4n) is 3.95. The Bertz CT molecular complexity index is 926. The largest absolute Gasteiger partial charge is 0.383 e. The molecule has 1 saturated heterocycles. The van der Waals surface area contributed by atoms with Crippen molar-refractivity contribution < 1.29 is 9.59 Å². The van der Waals surface area contributed by atoms with Crippen LogP contribution < -0.4 is 11.1 Å². The molecule has 2 amide bonds. The molecule has 0 bridgehead atoms. The highest BCUT2D eigenvalue weighted by molar-refractivity contribution is 6.39. The fourth-order valence-corrected chi connectivity index (χ4v) is 3.95. The van der Waals surface area contributed by atoms with Crippen LogP contribution in [-0.2, 0) is 16.0 Å². The SMILES string of the molecule is Cc1cc(NC(=O)C(=O)N2C[C@H](C)CCC2c2ccc(CCN(C)C)cc2)cnc1N. The van der Waals surface area contributed by atoms with Gasteiger partial charge in [-0.1, -0.05) is 31.2 Å². The molecule has 3 rings (SSSR count). The van der Waals surface area contributed by atoms with Gasteiger partial charge in [0.1, 0.15) is 5.82 Å². The Morgan fingerprint density at radius 1 is 1.23 bits per heavy atom. The summed E-state index contributed by atoms with van der Waals surface area (Å²) in [4.78, 5) is 33.7. The molecule has 1 fully saturated rings. The van der Waals surface area contributed by atoms with Crippen molar-refractivity contribution >= 4 is 23.3 Å². The van der Waals surface area contributed by atoms with Crippen LogP contribution in [0.15, 0.2) is 36.5 Å². The lowest BCUT2D eigenvalue weighted by Crippen LogP contribution is -2.46. The number of aryl methyl sites for hydroxylation is 1. The van der Waals surface area contributed by atoms with Crippen molar-refractivity contribution in [3.63, 3.8) is 0 Å². The van der Waals surface area contributed by atoms with Crippen LogP contribution >= 0.6 is 0 Å². The molecule has 7 heteroatoms. The van der Waals surface area contributed by atoms with Crippen molar-refractivity contribution in [3.8, 4) is 0 Å². The van der Waals surface area contributed by atoms with Crippen molar-refractivity contribution in [1.29, 1.82) is 0 Å². The van der Waals surface area contributed by atoms with Crippen LogP contribution in [0.3, 0.4) is 0 Å². The summed E-state index contributed by atoms with van der Waals surface area (Å²) in [5.74, 6) is -0.397. The predicted octanol–water partition coefficient (Wildman–Crippen LogP) is 3.01. The Hall–Kier alpha value is -2.93. The van der Waals surface area contributed by atoms with E-state index in [4.69, 9.17) is 5.73 Å². The predicted molar refractivity (Wildman–Crippen MR) is 124 cm³/mol. The average Bonchev–Trinajstić information content (AvgIpc) is 2.74. The van der Waals surface area contributed by atoms with Gasteiger partial charge >= 0.3 is 11.8 Å². The molecular formula is C24H33N5O2. The Labute approximate surface area is 184 Å². The number of hydrogen-bond donors (Lipinski definition) is 2. The molecule has 0 radical (unpaired) electrons. The topological polar surface area (TPSA) is 91.6 Å². The summed E-state index contributed by atoms with van der Waals surface area (Å²) in [6.07, 6.45) is 4.32. The molecule has 1 aliphatic heterocycles. The molecule has 0 spiro atoms. The molecule has 0 aliphatic carbocycles. The van der Waals surface area contributed by atoms with Gasteiger partial charge in [-0.05, 0) is 69.0 Å². The number of anilines is 2. The number of aromatic nitrogens is 1. The van der Waals surface area contributed by atoms with Crippen LogP contribution in [0.25, 0.3) is 0 Å². The molecule has 7 nitrogen and oxygen atoms in total. The zero-order valence-electron chi connectivity index (χ0n) is 18.9. The molecule has 2 heterocycles. The highest BCUT2D eigenvalue weighted by Gasteiger charge is 2.34. The average molecular weight is 424 g/mol. The van der Waals surface area contributed by atoms with Gasteiger partial charge in [-0.2, -0.15) is 0 Å². The number of piperidine rings is 1. The molecule has 31 heavy (non-hydrogen) atoms. The Kier molecular flexibility index (Phi) is 7.28. The molecule has 2 aromatic rings. The number of likely N-dealkylation sites (N-methyl/N-ethyl adjacent to an activating group) is 1. The van der Waals surface area contributed by atoms with E-state index in [1.165, 1.54) is 11.8 Å². The number of carbonyl (C=O) groups is 2. The van der Waals surface area contributed by atoms with E-state index >= 15 is 0 Å². The summed E-state index contributed by atoms with van der Waals surface area (Å²) in [5.41, 5.74) is 9.30.